The Balaban J connectivity index is 1.41. The average molecular weight is 562 g/mol. The van der Waals surface area contributed by atoms with Gasteiger partial charge in [0.1, 0.15) is 12.3 Å². The molecule has 0 aliphatic heterocycles. The summed E-state index contributed by atoms with van der Waals surface area (Å²) < 4.78 is 11.1. The number of amides is 1. The highest BCUT2D eigenvalue weighted by molar-refractivity contribution is 9.10. The zero-order valence-corrected chi connectivity index (χ0v) is 21.5. The molecule has 1 amide bonds. The van der Waals surface area contributed by atoms with Crippen molar-refractivity contribution < 1.29 is 9.53 Å². The molecule has 0 aliphatic carbocycles. The number of halogens is 1. The van der Waals surface area contributed by atoms with Gasteiger partial charge in [0.25, 0.3) is 5.91 Å². The van der Waals surface area contributed by atoms with E-state index in [1.54, 1.807) is 4.68 Å². The van der Waals surface area contributed by atoms with Gasteiger partial charge in [0.15, 0.2) is 0 Å². The first-order chi connectivity index (χ1) is 17.5. The summed E-state index contributed by atoms with van der Waals surface area (Å²) in [7, 11) is 0. The Morgan fingerprint density at radius 3 is 2.58 bits per heavy atom. The molecule has 1 N–H and O–H groups in total. The second kappa shape index (κ2) is 10.3. The highest BCUT2D eigenvalue weighted by Gasteiger charge is 2.18. The number of carbonyl (C=O) groups is 1. The number of para-hydroxylation sites is 2. The van der Waals surface area contributed by atoms with Gasteiger partial charge in [-0.1, -0.05) is 57.6 Å². The maximum absolute atomic E-state index is 12.6. The van der Waals surface area contributed by atoms with Crippen LogP contribution < -0.4 is 15.0 Å². The Morgan fingerprint density at radius 2 is 1.81 bits per heavy atom. The lowest BCUT2D eigenvalue weighted by atomic mass is 10.2. The molecule has 0 fully saturated rings. The maximum Gasteiger partial charge on any atom is 0.308 e. The first kappa shape index (κ1) is 23.7. The number of rotatable bonds is 7. The molecule has 0 saturated carbocycles. The molecule has 0 spiro atoms. The number of carbonyl (C=O) groups excluding carboxylic acids is 1. The van der Waals surface area contributed by atoms with Crippen molar-refractivity contribution in [2.45, 2.75) is 13.5 Å². The smallest absolute Gasteiger partial charge is 0.308 e. The molecule has 0 radical (unpaired) electrons. The van der Waals surface area contributed by atoms with Crippen LogP contribution in [0.15, 0.2) is 93.2 Å². The Kier molecular flexibility index (Phi) is 6.79. The molecule has 0 bridgehead atoms. The zero-order chi connectivity index (χ0) is 25.1. The molecule has 10 heteroatoms. The highest BCUT2D eigenvalue weighted by atomic mass is 79.9. The van der Waals surface area contributed by atoms with Gasteiger partial charge in [-0.3, -0.25) is 14.2 Å². The summed E-state index contributed by atoms with van der Waals surface area (Å²) in [5.41, 5.74) is 5.33. The Morgan fingerprint density at radius 1 is 1.08 bits per heavy atom. The molecule has 8 nitrogen and oxygen atoms in total. The quantitative estimate of drug-likeness (QED) is 0.217. The van der Waals surface area contributed by atoms with Crippen LogP contribution in [0.25, 0.3) is 15.9 Å². The number of ether oxygens (including phenoxy) is 1. The van der Waals surface area contributed by atoms with E-state index in [4.69, 9.17) is 4.74 Å². The van der Waals surface area contributed by atoms with Crippen LogP contribution in [-0.2, 0) is 11.3 Å². The van der Waals surface area contributed by atoms with E-state index in [1.165, 1.54) is 10.8 Å². The van der Waals surface area contributed by atoms with Crippen molar-refractivity contribution in [3.63, 3.8) is 0 Å². The third-order valence-electron chi connectivity index (χ3n) is 5.35. The van der Waals surface area contributed by atoms with Gasteiger partial charge in [-0.25, -0.2) is 5.43 Å². The minimum absolute atomic E-state index is 0.134. The first-order valence-electron chi connectivity index (χ1n) is 11.0. The molecular formula is C26H20BrN5O3S. The van der Waals surface area contributed by atoms with Crippen LogP contribution in [0.4, 0.5) is 0 Å². The Hall–Kier alpha value is -4.02. The van der Waals surface area contributed by atoms with Crippen molar-refractivity contribution in [2.24, 2.45) is 5.10 Å². The molecule has 0 saturated heterocycles. The summed E-state index contributed by atoms with van der Waals surface area (Å²) in [5, 5.41) is 8.77. The van der Waals surface area contributed by atoms with Gasteiger partial charge >= 0.3 is 4.87 Å². The number of nitrogens with one attached hydrogen (secondary N) is 1. The zero-order valence-electron chi connectivity index (χ0n) is 19.1. The second-order valence-corrected chi connectivity index (χ2v) is 9.73. The molecule has 2 aromatic heterocycles. The van der Waals surface area contributed by atoms with Gasteiger partial charge in [-0.2, -0.15) is 14.9 Å². The molecule has 36 heavy (non-hydrogen) atoms. The minimum atomic E-state index is -0.416. The van der Waals surface area contributed by atoms with Crippen molar-refractivity contribution in [1.82, 2.24) is 19.8 Å². The molecule has 5 aromatic rings. The first-order valence-corrected chi connectivity index (χ1v) is 12.6. The molecule has 3 aromatic carbocycles. The third kappa shape index (κ3) is 5.00. The maximum atomic E-state index is 12.6. The number of hydrogen-bond acceptors (Lipinski definition) is 6. The lowest BCUT2D eigenvalue weighted by Gasteiger charge is -2.10. The monoisotopic (exact) mass is 561 g/mol. The van der Waals surface area contributed by atoms with E-state index in [9.17, 15) is 9.59 Å². The third-order valence-corrected chi connectivity index (χ3v) is 6.84. The van der Waals surface area contributed by atoms with Gasteiger partial charge < -0.3 is 4.74 Å². The lowest BCUT2D eigenvalue weighted by Crippen LogP contribution is -2.27. The summed E-state index contributed by atoms with van der Waals surface area (Å²) in [6.45, 7) is 1.71. The summed E-state index contributed by atoms with van der Waals surface area (Å²) in [5.74, 6) is 0.664. The predicted octanol–water partition coefficient (Wildman–Crippen LogP) is 5.26. The van der Waals surface area contributed by atoms with Crippen LogP contribution in [-0.4, -0.2) is 26.5 Å². The second-order valence-electron chi connectivity index (χ2n) is 7.82. The van der Waals surface area contributed by atoms with E-state index in [2.05, 4.69) is 31.6 Å². The van der Waals surface area contributed by atoms with Crippen LogP contribution in [0.1, 0.15) is 11.3 Å². The average Bonchev–Trinajstić information content (AvgIpc) is 3.37. The molecular weight excluding hydrogens is 542 g/mol. The van der Waals surface area contributed by atoms with E-state index < -0.39 is 5.91 Å². The van der Waals surface area contributed by atoms with Gasteiger partial charge in [-0.15, -0.1) is 0 Å². The highest BCUT2D eigenvalue weighted by Crippen LogP contribution is 2.30. The van der Waals surface area contributed by atoms with E-state index in [0.717, 1.165) is 31.7 Å². The van der Waals surface area contributed by atoms with Crippen molar-refractivity contribution in [3.8, 4) is 17.3 Å². The fourth-order valence-corrected chi connectivity index (χ4v) is 4.79. The fraction of sp³-hybridized carbons (Fsp3) is 0.0769. The van der Waals surface area contributed by atoms with Crippen LogP contribution in [0, 0.1) is 6.92 Å². The van der Waals surface area contributed by atoms with E-state index in [-0.39, 0.29) is 11.4 Å². The van der Waals surface area contributed by atoms with Crippen LogP contribution in [0.3, 0.4) is 0 Å². The number of aryl methyl sites for hydroxylation is 1. The van der Waals surface area contributed by atoms with E-state index in [0.29, 0.717) is 22.9 Å². The van der Waals surface area contributed by atoms with Crippen molar-refractivity contribution >= 4 is 49.6 Å². The predicted molar refractivity (Wildman–Crippen MR) is 144 cm³/mol. The van der Waals surface area contributed by atoms with Crippen molar-refractivity contribution in [2.75, 3.05) is 0 Å². The number of hydrogen-bond donors (Lipinski definition) is 1. The van der Waals surface area contributed by atoms with Gasteiger partial charge in [-0.05, 0) is 55.5 Å². The number of nitrogens with zero attached hydrogens (tertiary/aromatic N) is 4. The normalized spacial score (nSPS) is 11.3. The van der Waals surface area contributed by atoms with Crippen molar-refractivity contribution in [1.29, 1.82) is 0 Å². The summed E-state index contributed by atoms with van der Waals surface area (Å²) in [6.07, 6.45) is 1.50. The molecule has 2 heterocycles. The fourth-order valence-electron chi connectivity index (χ4n) is 3.63. The standard InChI is InChI=1S/C26H20BrN5O3S/c1-17-21(15-28-29-24(33)16-31-22-9-5-6-10-23(22)36-26(31)34)25(35-20-13-11-18(27)12-14-20)32(30-17)19-7-3-2-4-8-19/h2-15H,16H2,1H3,(H,29,33)/b28-15+. The number of benzene rings is 3. The van der Waals surface area contributed by atoms with E-state index >= 15 is 0 Å². The minimum Gasteiger partial charge on any atom is -0.438 e. The van der Waals surface area contributed by atoms with Crippen molar-refractivity contribution in [3.05, 3.63) is 104 Å². The molecule has 180 valence electrons. The molecule has 0 aliphatic rings. The van der Waals surface area contributed by atoms with E-state index in [1.807, 2.05) is 85.8 Å². The largest absolute Gasteiger partial charge is 0.438 e. The Bertz CT molecular complexity index is 1620. The molecule has 0 atom stereocenters. The SMILES string of the molecule is Cc1nn(-c2ccccc2)c(Oc2ccc(Br)cc2)c1/C=N/NC(=O)Cn1c(=O)sc2ccccc21. The topological polar surface area (TPSA) is 90.5 Å². The molecule has 0 unspecified atom stereocenters. The van der Waals surface area contributed by atoms with Gasteiger partial charge in [0.05, 0.1) is 33.4 Å². The summed E-state index contributed by atoms with van der Waals surface area (Å²) in [4.78, 5) is 24.7. The van der Waals surface area contributed by atoms with Crippen LogP contribution in [0.2, 0.25) is 0 Å². The summed E-state index contributed by atoms with van der Waals surface area (Å²) >= 11 is 4.54. The van der Waals surface area contributed by atoms with Gasteiger partial charge in [0.2, 0.25) is 5.88 Å². The van der Waals surface area contributed by atoms with Crippen LogP contribution >= 0.6 is 27.3 Å². The number of thiazole rings is 1. The van der Waals surface area contributed by atoms with Gasteiger partial charge in [0, 0.05) is 4.47 Å². The number of aromatic nitrogens is 3. The number of fused-ring (bicyclic) bond motifs is 1. The van der Waals surface area contributed by atoms with Crippen LogP contribution in [0.5, 0.6) is 11.6 Å². The number of hydrazone groups is 1. The summed E-state index contributed by atoms with van der Waals surface area (Å²) in [6, 6.07) is 24.4. The Labute approximate surface area is 218 Å². The lowest BCUT2D eigenvalue weighted by molar-refractivity contribution is -0.121. The molecule has 5 rings (SSSR count).